The summed E-state index contributed by atoms with van der Waals surface area (Å²) in [6.45, 7) is 4.87. The molecule has 1 aromatic rings. The number of amides is 2. The zero-order valence-electron chi connectivity index (χ0n) is 16.2. The average molecular weight is 373 g/mol. The van der Waals surface area contributed by atoms with Gasteiger partial charge in [-0.3, -0.25) is 9.59 Å². The molecule has 148 valence electrons. The Morgan fingerprint density at radius 3 is 2.78 bits per heavy atom. The van der Waals surface area contributed by atoms with E-state index in [0.717, 1.165) is 50.3 Å². The van der Waals surface area contributed by atoms with Gasteiger partial charge in [0, 0.05) is 31.1 Å². The highest BCUT2D eigenvalue weighted by Gasteiger charge is 2.24. The summed E-state index contributed by atoms with van der Waals surface area (Å²) in [6, 6.07) is 7.44. The Morgan fingerprint density at radius 1 is 1.26 bits per heavy atom. The molecule has 2 fully saturated rings. The van der Waals surface area contributed by atoms with Crippen LogP contribution >= 0.6 is 0 Å². The average Bonchev–Trinajstić information content (AvgIpc) is 3.35. The highest BCUT2D eigenvalue weighted by atomic mass is 16.5. The third kappa shape index (κ3) is 5.70. The number of hydrogen-bond acceptors (Lipinski definition) is 4. The molecule has 2 atom stereocenters. The smallest absolute Gasteiger partial charge is 0.246 e. The monoisotopic (exact) mass is 373 g/mol. The molecule has 6 heteroatoms. The number of carbonyl (C=O) groups is 2. The molecule has 0 aromatic heterocycles. The molecular formula is C21H31N3O3. The van der Waals surface area contributed by atoms with Gasteiger partial charge in [-0.2, -0.15) is 0 Å². The lowest BCUT2D eigenvalue weighted by Gasteiger charge is -2.21. The summed E-state index contributed by atoms with van der Waals surface area (Å²) in [5, 5.41) is 5.87. The Balaban J connectivity index is 1.57. The van der Waals surface area contributed by atoms with E-state index in [1.165, 1.54) is 12.8 Å². The second kappa shape index (κ2) is 9.74. The third-order valence-electron chi connectivity index (χ3n) is 5.25. The van der Waals surface area contributed by atoms with Crippen LogP contribution in [-0.2, 0) is 14.3 Å². The first kappa shape index (κ1) is 19.7. The van der Waals surface area contributed by atoms with Crippen molar-refractivity contribution < 1.29 is 14.3 Å². The van der Waals surface area contributed by atoms with Crippen LogP contribution in [0.3, 0.4) is 0 Å². The van der Waals surface area contributed by atoms with Gasteiger partial charge in [-0.15, -0.1) is 0 Å². The van der Waals surface area contributed by atoms with Gasteiger partial charge in [-0.25, -0.2) is 0 Å². The molecule has 2 aliphatic rings. The van der Waals surface area contributed by atoms with Crippen molar-refractivity contribution in [2.45, 2.75) is 64.0 Å². The molecule has 0 bridgehead atoms. The summed E-state index contributed by atoms with van der Waals surface area (Å²) in [4.78, 5) is 27.4. The van der Waals surface area contributed by atoms with Gasteiger partial charge >= 0.3 is 0 Å². The van der Waals surface area contributed by atoms with Crippen LogP contribution in [0.4, 0.5) is 11.4 Å². The maximum absolute atomic E-state index is 12.7. The van der Waals surface area contributed by atoms with E-state index in [0.29, 0.717) is 12.8 Å². The lowest BCUT2D eigenvalue weighted by molar-refractivity contribution is -0.128. The van der Waals surface area contributed by atoms with Crippen LogP contribution in [0.1, 0.15) is 51.9 Å². The van der Waals surface area contributed by atoms with Crippen LogP contribution in [0.5, 0.6) is 0 Å². The maximum Gasteiger partial charge on any atom is 0.246 e. The molecule has 0 radical (unpaired) electrons. The maximum atomic E-state index is 12.7. The predicted octanol–water partition coefficient (Wildman–Crippen LogP) is 3.08. The number of carbonyl (C=O) groups excluding carboxylic acids is 2. The van der Waals surface area contributed by atoms with E-state index >= 15 is 0 Å². The Morgan fingerprint density at radius 2 is 2.07 bits per heavy atom. The SMILES string of the molecule is CCCC(NC(=O)CC1CCCO1)C(=O)Nc1cccc(N2CCCC2)c1. The zero-order chi connectivity index (χ0) is 19.1. The third-order valence-corrected chi connectivity index (χ3v) is 5.25. The fourth-order valence-corrected chi connectivity index (χ4v) is 3.81. The van der Waals surface area contributed by atoms with Gasteiger partial charge in [-0.1, -0.05) is 19.4 Å². The first-order valence-corrected chi connectivity index (χ1v) is 10.2. The Hall–Kier alpha value is -2.08. The van der Waals surface area contributed by atoms with E-state index in [9.17, 15) is 9.59 Å². The summed E-state index contributed by atoms with van der Waals surface area (Å²) < 4.78 is 5.52. The molecule has 2 amide bonds. The van der Waals surface area contributed by atoms with E-state index in [2.05, 4.69) is 21.6 Å². The molecule has 3 rings (SSSR count). The molecule has 2 heterocycles. The van der Waals surface area contributed by atoms with Crippen LogP contribution in [0, 0.1) is 0 Å². The highest BCUT2D eigenvalue weighted by Crippen LogP contribution is 2.23. The van der Waals surface area contributed by atoms with E-state index in [-0.39, 0.29) is 17.9 Å². The van der Waals surface area contributed by atoms with Crippen molar-refractivity contribution in [1.82, 2.24) is 5.32 Å². The van der Waals surface area contributed by atoms with Gasteiger partial charge in [0.25, 0.3) is 0 Å². The first-order chi connectivity index (χ1) is 13.2. The first-order valence-electron chi connectivity index (χ1n) is 10.2. The van der Waals surface area contributed by atoms with Crippen molar-refractivity contribution in [2.24, 2.45) is 0 Å². The van der Waals surface area contributed by atoms with E-state index in [1.54, 1.807) is 0 Å². The van der Waals surface area contributed by atoms with Gasteiger partial charge in [0.1, 0.15) is 6.04 Å². The van der Waals surface area contributed by atoms with Crippen molar-refractivity contribution in [3.8, 4) is 0 Å². The van der Waals surface area contributed by atoms with Crippen LogP contribution in [0.15, 0.2) is 24.3 Å². The standard InChI is InChI=1S/C21H31N3O3/c1-2-7-19(23-20(25)15-18-10-6-13-27-18)21(26)22-16-8-5-9-17(14-16)24-11-3-4-12-24/h5,8-9,14,18-19H,2-4,6-7,10-13,15H2,1H3,(H,22,26)(H,23,25). The lowest BCUT2D eigenvalue weighted by Crippen LogP contribution is -2.44. The summed E-state index contributed by atoms with van der Waals surface area (Å²) in [5.41, 5.74) is 1.92. The summed E-state index contributed by atoms with van der Waals surface area (Å²) in [7, 11) is 0. The van der Waals surface area contributed by atoms with Gasteiger partial charge in [-0.05, 0) is 50.3 Å². The predicted molar refractivity (Wildman–Crippen MR) is 107 cm³/mol. The van der Waals surface area contributed by atoms with Crippen LogP contribution in [0.25, 0.3) is 0 Å². The minimum Gasteiger partial charge on any atom is -0.378 e. The van der Waals surface area contributed by atoms with Crippen molar-refractivity contribution in [3.63, 3.8) is 0 Å². The molecule has 1 aromatic carbocycles. The van der Waals surface area contributed by atoms with Gasteiger partial charge < -0.3 is 20.3 Å². The van der Waals surface area contributed by atoms with Crippen LogP contribution < -0.4 is 15.5 Å². The molecule has 0 spiro atoms. The van der Waals surface area contributed by atoms with Gasteiger partial charge in [0.2, 0.25) is 11.8 Å². The highest BCUT2D eigenvalue weighted by molar-refractivity contribution is 5.97. The van der Waals surface area contributed by atoms with E-state index < -0.39 is 6.04 Å². The largest absolute Gasteiger partial charge is 0.378 e. The second-order valence-electron chi connectivity index (χ2n) is 7.48. The molecular weight excluding hydrogens is 342 g/mol. The van der Waals surface area contributed by atoms with Crippen molar-refractivity contribution in [2.75, 3.05) is 29.9 Å². The summed E-state index contributed by atoms with van der Waals surface area (Å²) in [5.74, 6) is -0.266. The normalized spacial score (nSPS) is 20.5. The van der Waals surface area contributed by atoms with Crippen LogP contribution in [0.2, 0.25) is 0 Å². The number of benzene rings is 1. The fourth-order valence-electron chi connectivity index (χ4n) is 3.81. The number of anilines is 2. The molecule has 27 heavy (non-hydrogen) atoms. The zero-order valence-corrected chi connectivity index (χ0v) is 16.2. The van der Waals surface area contributed by atoms with Gasteiger partial charge in [0.05, 0.1) is 12.5 Å². The fraction of sp³-hybridized carbons (Fsp3) is 0.619. The number of nitrogens with one attached hydrogen (secondary N) is 2. The summed E-state index contributed by atoms with van der Waals surface area (Å²) >= 11 is 0. The van der Waals surface area contributed by atoms with Crippen molar-refractivity contribution >= 4 is 23.2 Å². The summed E-state index contributed by atoms with van der Waals surface area (Å²) in [6.07, 6.45) is 6.12. The molecule has 0 saturated carbocycles. The van der Waals surface area contributed by atoms with Crippen molar-refractivity contribution in [3.05, 3.63) is 24.3 Å². The topological polar surface area (TPSA) is 70.7 Å². The molecule has 0 aliphatic carbocycles. The van der Waals surface area contributed by atoms with Crippen LogP contribution in [-0.4, -0.2) is 43.7 Å². The number of hydrogen-bond donors (Lipinski definition) is 2. The minimum atomic E-state index is -0.514. The molecule has 6 nitrogen and oxygen atoms in total. The number of ether oxygens (including phenoxy) is 1. The number of nitrogens with zero attached hydrogens (tertiary/aromatic N) is 1. The Bertz CT molecular complexity index is 637. The van der Waals surface area contributed by atoms with E-state index in [4.69, 9.17) is 4.74 Å². The van der Waals surface area contributed by atoms with Gasteiger partial charge in [0.15, 0.2) is 0 Å². The Labute approximate surface area is 161 Å². The molecule has 2 N–H and O–H groups in total. The molecule has 2 unspecified atom stereocenters. The molecule has 2 saturated heterocycles. The number of rotatable bonds is 8. The lowest BCUT2D eigenvalue weighted by atomic mass is 10.1. The van der Waals surface area contributed by atoms with Crippen molar-refractivity contribution in [1.29, 1.82) is 0 Å². The minimum absolute atomic E-state index is 0.00696. The molecule has 2 aliphatic heterocycles. The second-order valence-corrected chi connectivity index (χ2v) is 7.48. The van der Waals surface area contributed by atoms with E-state index in [1.807, 2.05) is 25.1 Å². The quantitative estimate of drug-likeness (QED) is 0.735. The Kier molecular flexibility index (Phi) is 7.10.